The molecule has 0 aromatic heterocycles. The maximum absolute atomic E-state index is 12.2. The van der Waals surface area contributed by atoms with E-state index in [0.29, 0.717) is 17.6 Å². The summed E-state index contributed by atoms with van der Waals surface area (Å²) in [5.41, 5.74) is 1.26. The Labute approximate surface area is 124 Å². The lowest BCUT2D eigenvalue weighted by Crippen LogP contribution is -2.32. The van der Waals surface area contributed by atoms with Gasteiger partial charge in [0, 0.05) is 24.8 Å². The van der Waals surface area contributed by atoms with E-state index in [0.717, 1.165) is 31.7 Å². The van der Waals surface area contributed by atoms with E-state index in [1.165, 1.54) is 5.56 Å². The lowest BCUT2D eigenvalue weighted by Gasteiger charge is -2.18. The number of carbonyl (C=O) groups excluding carboxylic acids is 1. The van der Waals surface area contributed by atoms with Gasteiger partial charge >= 0.3 is 0 Å². The number of carbonyl (C=O) groups is 1. The van der Waals surface area contributed by atoms with Gasteiger partial charge in [0.1, 0.15) is 0 Å². The van der Waals surface area contributed by atoms with E-state index in [9.17, 15) is 9.90 Å². The summed E-state index contributed by atoms with van der Waals surface area (Å²) in [7, 11) is 0. The van der Waals surface area contributed by atoms with Gasteiger partial charge in [0.15, 0.2) is 0 Å². The van der Waals surface area contributed by atoms with Crippen LogP contribution in [0.1, 0.15) is 18.4 Å². The van der Waals surface area contributed by atoms with Crippen molar-refractivity contribution in [2.75, 3.05) is 18.8 Å². The van der Waals surface area contributed by atoms with Crippen LogP contribution in [0.25, 0.3) is 0 Å². The average Bonchev–Trinajstić information content (AvgIpc) is 3.03. The second-order valence-electron chi connectivity index (χ2n) is 5.85. The van der Waals surface area contributed by atoms with E-state index < -0.39 is 0 Å². The van der Waals surface area contributed by atoms with Gasteiger partial charge in [0.2, 0.25) is 5.91 Å². The van der Waals surface area contributed by atoms with Gasteiger partial charge in [-0.2, -0.15) is 0 Å². The molecule has 3 atom stereocenters. The first kappa shape index (κ1) is 14.0. The quantitative estimate of drug-likeness (QED) is 0.924. The molecule has 0 spiro atoms. The van der Waals surface area contributed by atoms with E-state index in [4.69, 9.17) is 0 Å². The molecule has 1 amide bonds. The van der Waals surface area contributed by atoms with E-state index in [-0.39, 0.29) is 12.0 Å². The standard InChI is InChI=1S/C16H21NO2S/c18-15-7-6-13-8-17(9-14(13)15)16(19)11-20-10-12-4-2-1-3-5-12/h1-5,13-15,18H,6-11H2. The summed E-state index contributed by atoms with van der Waals surface area (Å²) >= 11 is 1.68. The van der Waals surface area contributed by atoms with Crippen molar-refractivity contribution in [1.29, 1.82) is 0 Å². The van der Waals surface area contributed by atoms with Gasteiger partial charge in [-0.15, -0.1) is 11.8 Å². The van der Waals surface area contributed by atoms with E-state index >= 15 is 0 Å². The van der Waals surface area contributed by atoms with Crippen molar-refractivity contribution in [3.8, 4) is 0 Å². The largest absolute Gasteiger partial charge is 0.393 e. The fraction of sp³-hybridized carbons (Fsp3) is 0.562. The van der Waals surface area contributed by atoms with Gasteiger partial charge in [-0.1, -0.05) is 30.3 Å². The molecular formula is C16H21NO2S. The van der Waals surface area contributed by atoms with Crippen LogP contribution < -0.4 is 0 Å². The highest BCUT2D eigenvalue weighted by molar-refractivity contribution is 7.99. The highest BCUT2D eigenvalue weighted by Crippen LogP contribution is 2.38. The monoisotopic (exact) mass is 291 g/mol. The molecule has 1 aliphatic carbocycles. The Morgan fingerprint density at radius 2 is 2.05 bits per heavy atom. The zero-order valence-corrected chi connectivity index (χ0v) is 12.4. The summed E-state index contributed by atoms with van der Waals surface area (Å²) in [5.74, 6) is 2.53. The minimum Gasteiger partial charge on any atom is -0.393 e. The number of fused-ring (bicyclic) bond motifs is 1. The molecule has 2 fully saturated rings. The number of rotatable bonds is 4. The molecule has 3 nitrogen and oxygen atoms in total. The zero-order valence-electron chi connectivity index (χ0n) is 11.6. The van der Waals surface area contributed by atoms with Gasteiger partial charge in [-0.3, -0.25) is 4.79 Å². The average molecular weight is 291 g/mol. The number of hydrogen-bond donors (Lipinski definition) is 1. The minimum absolute atomic E-state index is 0.185. The first-order valence-corrected chi connectivity index (χ1v) is 8.47. The van der Waals surface area contributed by atoms with Crippen LogP contribution in [-0.2, 0) is 10.5 Å². The van der Waals surface area contributed by atoms with Gasteiger partial charge in [-0.25, -0.2) is 0 Å². The Kier molecular flexibility index (Phi) is 4.32. The number of amides is 1. The molecule has 1 aromatic carbocycles. The Morgan fingerprint density at radius 1 is 1.25 bits per heavy atom. The molecule has 3 unspecified atom stereocenters. The maximum Gasteiger partial charge on any atom is 0.232 e. The predicted octanol–water partition coefficient (Wildman–Crippen LogP) is 2.15. The topological polar surface area (TPSA) is 40.5 Å². The molecule has 1 N–H and O–H groups in total. The summed E-state index contributed by atoms with van der Waals surface area (Å²) in [4.78, 5) is 14.2. The minimum atomic E-state index is -0.185. The SMILES string of the molecule is O=C(CSCc1ccccc1)N1CC2CCC(O)C2C1. The molecule has 1 saturated heterocycles. The van der Waals surface area contributed by atoms with Gasteiger partial charge in [-0.05, 0) is 24.3 Å². The zero-order chi connectivity index (χ0) is 13.9. The molecule has 108 valence electrons. The van der Waals surface area contributed by atoms with Crippen molar-refractivity contribution < 1.29 is 9.90 Å². The first-order valence-electron chi connectivity index (χ1n) is 7.31. The molecule has 1 saturated carbocycles. The van der Waals surface area contributed by atoms with Gasteiger partial charge in [0.25, 0.3) is 0 Å². The van der Waals surface area contributed by atoms with Crippen molar-refractivity contribution in [3.05, 3.63) is 35.9 Å². The summed E-state index contributed by atoms with van der Waals surface area (Å²) in [6.07, 6.45) is 1.81. The second kappa shape index (κ2) is 6.19. The first-order chi connectivity index (χ1) is 9.74. The van der Waals surface area contributed by atoms with Crippen LogP contribution in [0.4, 0.5) is 0 Å². The highest BCUT2D eigenvalue weighted by atomic mass is 32.2. The van der Waals surface area contributed by atoms with Gasteiger partial charge < -0.3 is 10.0 Å². The van der Waals surface area contributed by atoms with E-state index in [1.54, 1.807) is 11.8 Å². The van der Waals surface area contributed by atoms with Crippen LogP contribution >= 0.6 is 11.8 Å². The van der Waals surface area contributed by atoms with Crippen molar-refractivity contribution >= 4 is 17.7 Å². The summed E-state index contributed by atoms with van der Waals surface area (Å²) in [6, 6.07) is 10.2. The smallest absolute Gasteiger partial charge is 0.232 e. The molecule has 20 heavy (non-hydrogen) atoms. The summed E-state index contributed by atoms with van der Waals surface area (Å²) < 4.78 is 0. The highest BCUT2D eigenvalue weighted by Gasteiger charge is 2.42. The van der Waals surface area contributed by atoms with Crippen LogP contribution in [0, 0.1) is 11.8 Å². The van der Waals surface area contributed by atoms with Crippen molar-refractivity contribution in [1.82, 2.24) is 4.90 Å². The number of aliphatic hydroxyl groups excluding tert-OH is 1. The Hall–Kier alpha value is -1.00. The van der Waals surface area contributed by atoms with Crippen molar-refractivity contribution in [3.63, 3.8) is 0 Å². The van der Waals surface area contributed by atoms with Crippen LogP contribution in [0.15, 0.2) is 30.3 Å². The Balaban J connectivity index is 1.44. The van der Waals surface area contributed by atoms with E-state index in [1.807, 2.05) is 23.1 Å². The lowest BCUT2D eigenvalue weighted by atomic mass is 10.00. The van der Waals surface area contributed by atoms with Crippen LogP contribution in [0.3, 0.4) is 0 Å². The van der Waals surface area contributed by atoms with Crippen molar-refractivity contribution in [2.24, 2.45) is 11.8 Å². The number of benzene rings is 1. The number of thioether (sulfide) groups is 1. The summed E-state index contributed by atoms with van der Waals surface area (Å²) in [6.45, 7) is 1.61. The number of nitrogens with zero attached hydrogens (tertiary/aromatic N) is 1. The van der Waals surface area contributed by atoms with E-state index in [2.05, 4.69) is 12.1 Å². The van der Waals surface area contributed by atoms with Crippen LogP contribution in [-0.4, -0.2) is 40.9 Å². The number of likely N-dealkylation sites (tertiary alicyclic amines) is 1. The van der Waals surface area contributed by atoms with Crippen LogP contribution in [0.2, 0.25) is 0 Å². The molecule has 1 aromatic rings. The molecule has 3 rings (SSSR count). The lowest BCUT2D eigenvalue weighted by molar-refractivity contribution is -0.127. The van der Waals surface area contributed by atoms with Crippen molar-refractivity contribution in [2.45, 2.75) is 24.7 Å². The third-order valence-electron chi connectivity index (χ3n) is 4.51. The molecular weight excluding hydrogens is 270 g/mol. The molecule has 0 bridgehead atoms. The predicted molar refractivity (Wildman–Crippen MR) is 81.4 cm³/mol. The Bertz CT molecular complexity index is 465. The molecule has 2 aliphatic rings. The van der Waals surface area contributed by atoms with Gasteiger partial charge in [0.05, 0.1) is 11.9 Å². The second-order valence-corrected chi connectivity index (χ2v) is 6.83. The third-order valence-corrected chi connectivity index (χ3v) is 5.50. The molecule has 1 heterocycles. The maximum atomic E-state index is 12.2. The molecule has 0 radical (unpaired) electrons. The fourth-order valence-electron chi connectivity index (χ4n) is 3.36. The fourth-order valence-corrected chi connectivity index (χ4v) is 4.25. The number of aliphatic hydroxyl groups is 1. The Morgan fingerprint density at radius 3 is 2.80 bits per heavy atom. The molecule has 4 heteroatoms. The van der Waals surface area contributed by atoms with Crippen LogP contribution in [0.5, 0.6) is 0 Å². The molecule has 1 aliphatic heterocycles. The normalized spacial score (nSPS) is 28.6. The third kappa shape index (κ3) is 3.01. The summed E-state index contributed by atoms with van der Waals surface area (Å²) in [5, 5.41) is 9.88. The number of hydrogen-bond acceptors (Lipinski definition) is 3.